The van der Waals surface area contributed by atoms with Crippen LogP contribution in [0.15, 0.2) is 30.3 Å². The number of carbonyl (C=O) groups is 1. The van der Waals surface area contributed by atoms with Gasteiger partial charge in [-0.15, -0.1) is 0 Å². The van der Waals surface area contributed by atoms with Crippen LogP contribution in [-0.2, 0) is 4.79 Å². The summed E-state index contributed by atoms with van der Waals surface area (Å²) in [7, 11) is 0. The molecular weight excluding hydrogens is 200 g/mol. The van der Waals surface area contributed by atoms with Crippen molar-refractivity contribution in [1.82, 2.24) is 5.32 Å². The molecule has 0 aromatic heterocycles. The van der Waals surface area contributed by atoms with Gasteiger partial charge in [0.25, 0.3) is 0 Å². The largest absolute Gasteiger partial charge is 0.348 e. The first-order valence-electron chi connectivity index (χ1n) is 5.51. The van der Waals surface area contributed by atoms with Crippen molar-refractivity contribution >= 4 is 5.91 Å². The molecule has 0 radical (unpaired) electrons. The van der Waals surface area contributed by atoms with Crippen molar-refractivity contribution in [3.05, 3.63) is 35.9 Å². The number of nitrogens with two attached hydrogens (primary N) is 1. The van der Waals surface area contributed by atoms with E-state index in [0.717, 1.165) is 5.56 Å². The highest BCUT2D eigenvalue weighted by Gasteiger charge is 2.23. The molecule has 0 saturated carbocycles. The molecule has 3 heteroatoms. The van der Waals surface area contributed by atoms with Gasteiger partial charge in [-0.1, -0.05) is 51.1 Å². The Balaban J connectivity index is 2.75. The first kappa shape index (κ1) is 12.7. The smallest absolute Gasteiger partial charge is 0.225 e. The third kappa shape index (κ3) is 3.35. The maximum absolute atomic E-state index is 11.8. The van der Waals surface area contributed by atoms with E-state index in [4.69, 9.17) is 5.73 Å². The summed E-state index contributed by atoms with van der Waals surface area (Å²) in [5.41, 5.74) is 6.34. The highest BCUT2D eigenvalue weighted by atomic mass is 16.2. The zero-order chi connectivity index (χ0) is 12.2. The van der Waals surface area contributed by atoms with Gasteiger partial charge in [-0.05, 0) is 5.56 Å². The van der Waals surface area contributed by atoms with Gasteiger partial charge in [0, 0.05) is 12.0 Å². The molecule has 0 aliphatic rings. The van der Waals surface area contributed by atoms with E-state index in [2.05, 4.69) is 5.32 Å². The normalized spacial score (nSPS) is 13.2. The topological polar surface area (TPSA) is 55.1 Å². The van der Waals surface area contributed by atoms with Gasteiger partial charge in [0.2, 0.25) is 5.91 Å². The molecule has 1 atom stereocenters. The lowest BCUT2D eigenvalue weighted by molar-refractivity contribution is -0.129. The zero-order valence-electron chi connectivity index (χ0n) is 10.2. The lowest BCUT2D eigenvalue weighted by Crippen LogP contribution is -2.40. The van der Waals surface area contributed by atoms with E-state index in [9.17, 15) is 4.79 Å². The molecular formula is C13H20N2O. The molecule has 3 N–H and O–H groups in total. The lowest BCUT2D eigenvalue weighted by Gasteiger charge is -2.23. The molecule has 0 spiro atoms. The van der Waals surface area contributed by atoms with E-state index >= 15 is 0 Å². The van der Waals surface area contributed by atoms with Crippen LogP contribution in [-0.4, -0.2) is 12.5 Å². The summed E-state index contributed by atoms with van der Waals surface area (Å²) in [5.74, 6) is 0.0202. The van der Waals surface area contributed by atoms with Crippen molar-refractivity contribution in [1.29, 1.82) is 0 Å². The number of carbonyl (C=O) groups excluding carboxylic acids is 1. The molecule has 88 valence electrons. The summed E-state index contributed by atoms with van der Waals surface area (Å²) in [6, 6.07) is 9.68. The number of hydrogen-bond acceptors (Lipinski definition) is 2. The average molecular weight is 220 g/mol. The Labute approximate surface area is 97.0 Å². The lowest BCUT2D eigenvalue weighted by atomic mass is 9.94. The van der Waals surface area contributed by atoms with Crippen LogP contribution >= 0.6 is 0 Å². The van der Waals surface area contributed by atoms with E-state index in [1.165, 1.54) is 0 Å². The van der Waals surface area contributed by atoms with Crippen LogP contribution in [0.25, 0.3) is 0 Å². The van der Waals surface area contributed by atoms with Gasteiger partial charge in [0.15, 0.2) is 0 Å². The minimum Gasteiger partial charge on any atom is -0.348 e. The number of nitrogens with one attached hydrogen (secondary N) is 1. The Morgan fingerprint density at radius 3 is 2.31 bits per heavy atom. The van der Waals surface area contributed by atoms with Gasteiger partial charge < -0.3 is 11.1 Å². The predicted octanol–water partition coefficient (Wildman–Crippen LogP) is 1.85. The molecule has 0 bridgehead atoms. The summed E-state index contributed by atoms with van der Waals surface area (Å²) >= 11 is 0. The van der Waals surface area contributed by atoms with Crippen LogP contribution in [0.3, 0.4) is 0 Å². The van der Waals surface area contributed by atoms with E-state index < -0.39 is 0 Å². The summed E-state index contributed by atoms with van der Waals surface area (Å²) in [6.07, 6.45) is 0. The van der Waals surface area contributed by atoms with Crippen LogP contribution < -0.4 is 11.1 Å². The van der Waals surface area contributed by atoms with Gasteiger partial charge in [0.1, 0.15) is 0 Å². The summed E-state index contributed by atoms with van der Waals surface area (Å²) in [6.45, 7) is 6.08. The fraction of sp³-hybridized carbons (Fsp3) is 0.462. The standard InChI is InChI=1S/C13H20N2O/c1-13(2,3)12(16)15-11(9-14)10-7-5-4-6-8-10/h4-8,11H,9,14H2,1-3H3,(H,15,16). The molecule has 1 rings (SSSR count). The molecule has 0 fully saturated rings. The monoisotopic (exact) mass is 220 g/mol. The van der Waals surface area contributed by atoms with Gasteiger partial charge in [0.05, 0.1) is 6.04 Å². The molecule has 0 aliphatic carbocycles. The van der Waals surface area contributed by atoms with Crippen LogP contribution in [0.1, 0.15) is 32.4 Å². The molecule has 0 aliphatic heterocycles. The van der Waals surface area contributed by atoms with Gasteiger partial charge in [-0.25, -0.2) is 0 Å². The van der Waals surface area contributed by atoms with E-state index in [-0.39, 0.29) is 17.4 Å². The molecule has 0 heterocycles. The Morgan fingerprint density at radius 1 is 1.31 bits per heavy atom. The van der Waals surface area contributed by atoms with Crippen LogP contribution in [0.4, 0.5) is 0 Å². The maximum atomic E-state index is 11.8. The second kappa shape index (κ2) is 5.12. The summed E-state index contributed by atoms with van der Waals surface area (Å²) in [4.78, 5) is 11.8. The molecule has 1 amide bonds. The molecule has 0 saturated heterocycles. The van der Waals surface area contributed by atoms with Gasteiger partial charge >= 0.3 is 0 Å². The number of hydrogen-bond donors (Lipinski definition) is 2. The van der Waals surface area contributed by atoms with E-state index in [1.54, 1.807) is 0 Å². The first-order valence-corrected chi connectivity index (χ1v) is 5.51. The van der Waals surface area contributed by atoms with E-state index in [1.807, 2.05) is 51.1 Å². The Kier molecular flexibility index (Phi) is 4.07. The molecule has 1 unspecified atom stereocenters. The average Bonchev–Trinajstić information content (AvgIpc) is 2.25. The third-order valence-electron chi connectivity index (χ3n) is 2.42. The maximum Gasteiger partial charge on any atom is 0.225 e. The van der Waals surface area contributed by atoms with Crippen LogP contribution in [0, 0.1) is 5.41 Å². The van der Waals surface area contributed by atoms with Crippen LogP contribution in [0.5, 0.6) is 0 Å². The van der Waals surface area contributed by atoms with Crippen molar-refractivity contribution in [2.24, 2.45) is 11.1 Å². The highest BCUT2D eigenvalue weighted by molar-refractivity contribution is 5.81. The van der Waals surface area contributed by atoms with Crippen molar-refractivity contribution in [3.63, 3.8) is 0 Å². The van der Waals surface area contributed by atoms with Crippen LogP contribution in [0.2, 0.25) is 0 Å². The number of amides is 1. The zero-order valence-corrected chi connectivity index (χ0v) is 10.2. The minimum absolute atomic E-state index is 0.0202. The SMILES string of the molecule is CC(C)(C)C(=O)NC(CN)c1ccccc1. The predicted molar refractivity (Wildman–Crippen MR) is 65.8 cm³/mol. The first-order chi connectivity index (χ1) is 7.45. The van der Waals surface area contributed by atoms with Gasteiger partial charge in [-0.2, -0.15) is 0 Å². The number of rotatable bonds is 3. The molecule has 16 heavy (non-hydrogen) atoms. The number of benzene rings is 1. The summed E-state index contributed by atoms with van der Waals surface area (Å²) < 4.78 is 0. The molecule has 1 aromatic carbocycles. The fourth-order valence-corrected chi connectivity index (χ4v) is 1.34. The van der Waals surface area contributed by atoms with Crippen molar-refractivity contribution < 1.29 is 4.79 Å². The third-order valence-corrected chi connectivity index (χ3v) is 2.42. The van der Waals surface area contributed by atoms with Crippen molar-refractivity contribution in [2.75, 3.05) is 6.54 Å². The van der Waals surface area contributed by atoms with E-state index in [0.29, 0.717) is 6.54 Å². The Morgan fingerprint density at radius 2 is 1.88 bits per heavy atom. The minimum atomic E-state index is -0.387. The summed E-state index contributed by atoms with van der Waals surface area (Å²) in [5, 5.41) is 2.96. The van der Waals surface area contributed by atoms with Crippen molar-refractivity contribution in [3.8, 4) is 0 Å². The second-order valence-corrected chi connectivity index (χ2v) is 4.92. The second-order valence-electron chi connectivity index (χ2n) is 4.92. The highest BCUT2D eigenvalue weighted by Crippen LogP contribution is 2.17. The Hall–Kier alpha value is -1.35. The Bertz CT molecular complexity index is 341. The van der Waals surface area contributed by atoms with Gasteiger partial charge in [-0.3, -0.25) is 4.79 Å². The molecule has 3 nitrogen and oxygen atoms in total. The van der Waals surface area contributed by atoms with Crippen molar-refractivity contribution in [2.45, 2.75) is 26.8 Å². The quantitative estimate of drug-likeness (QED) is 0.816. The fourth-order valence-electron chi connectivity index (χ4n) is 1.34. The molecule has 1 aromatic rings.